The zero-order chi connectivity index (χ0) is 22.9. The summed E-state index contributed by atoms with van der Waals surface area (Å²) in [6.45, 7) is 4.16. The molecule has 6 nitrogen and oxygen atoms in total. The van der Waals surface area contributed by atoms with Gasteiger partial charge in [0, 0.05) is 23.1 Å². The molecule has 1 saturated carbocycles. The van der Waals surface area contributed by atoms with Crippen molar-refractivity contribution in [2.75, 3.05) is 0 Å². The number of thiocarbonyl (C=S) groups is 1. The van der Waals surface area contributed by atoms with Crippen LogP contribution < -0.4 is 10.6 Å². The molecule has 2 atom stereocenters. The Hall–Kier alpha value is -2.84. The van der Waals surface area contributed by atoms with Crippen LogP contribution in [0.1, 0.15) is 53.0 Å². The molecule has 2 unspecified atom stereocenters. The Morgan fingerprint density at radius 3 is 2.34 bits per heavy atom. The maximum absolute atomic E-state index is 12.5. The summed E-state index contributed by atoms with van der Waals surface area (Å²) in [5.74, 6) is -0.290. The van der Waals surface area contributed by atoms with E-state index in [4.69, 9.17) is 12.2 Å². The Bertz CT molecular complexity index is 1110. The molecule has 2 N–H and O–H groups in total. The van der Waals surface area contributed by atoms with E-state index >= 15 is 0 Å². The molecule has 1 amide bonds. The zero-order valence-corrected chi connectivity index (χ0v) is 19.4. The Morgan fingerprint density at radius 1 is 1.03 bits per heavy atom. The van der Waals surface area contributed by atoms with E-state index in [1.54, 1.807) is 36.4 Å². The Balaban J connectivity index is 1.35. The minimum absolute atomic E-state index is 0.0550. The number of amidine groups is 1. The second-order valence-corrected chi connectivity index (χ2v) is 10.3. The lowest BCUT2D eigenvalue weighted by molar-refractivity contribution is -0.122. The molecular weight excluding hydrogens is 442 g/mol. The highest BCUT2D eigenvalue weighted by Crippen LogP contribution is 2.42. The van der Waals surface area contributed by atoms with Crippen molar-refractivity contribution in [3.8, 4) is 0 Å². The predicted octanol–water partition coefficient (Wildman–Crippen LogP) is 3.75. The van der Waals surface area contributed by atoms with Crippen LogP contribution in [0.4, 0.5) is 0 Å². The third-order valence-corrected chi connectivity index (χ3v) is 6.96. The number of ketones is 2. The van der Waals surface area contributed by atoms with E-state index in [2.05, 4.69) is 29.5 Å². The summed E-state index contributed by atoms with van der Waals surface area (Å²) in [7, 11) is 0. The number of benzene rings is 2. The summed E-state index contributed by atoms with van der Waals surface area (Å²) in [6, 6.07) is 15.3. The van der Waals surface area contributed by atoms with Crippen molar-refractivity contribution in [2.24, 2.45) is 10.4 Å². The van der Waals surface area contributed by atoms with Crippen LogP contribution in [-0.2, 0) is 4.79 Å². The molecule has 4 rings (SSSR count). The first-order chi connectivity index (χ1) is 15.2. The van der Waals surface area contributed by atoms with Crippen molar-refractivity contribution < 1.29 is 14.4 Å². The predicted molar refractivity (Wildman–Crippen MR) is 130 cm³/mol. The SMILES string of the molecule is CC1(C)CC(=O)C2SC(NC(=S)NC(=O)c3ccc(C(=O)c4ccccc4)cc3)=NC2C1. The van der Waals surface area contributed by atoms with E-state index in [9.17, 15) is 14.4 Å². The lowest BCUT2D eigenvalue weighted by Gasteiger charge is -2.34. The maximum Gasteiger partial charge on any atom is 0.257 e. The summed E-state index contributed by atoms with van der Waals surface area (Å²) in [6.07, 6.45) is 1.39. The summed E-state index contributed by atoms with van der Waals surface area (Å²) < 4.78 is 0. The minimum Gasteiger partial charge on any atom is -0.312 e. The monoisotopic (exact) mass is 465 g/mol. The van der Waals surface area contributed by atoms with Gasteiger partial charge < -0.3 is 5.32 Å². The molecule has 0 saturated heterocycles. The van der Waals surface area contributed by atoms with Crippen LogP contribution in [0.2, 0.25) is 0 Å². The molecule has 32 heavy (non-hydrogen) atoms. The normalized spacial score (nSPS) is 21.3. The van der Waals surface area contributed by atoms with Crippen LogP contribution in [0.3, 0.4) is 0 Å². The lowest BCUT2D eigenvalue weighted by Crippen LogP contribution is -2.41. The summed E-state index contributed by atoms with van der Waals surface area (Å²) in [5, 5.41) is 6.07. The highest BCUT2D eigenvalue weighted by Gasteiger charge is 2.44. The van der Waals surface area contributed by atoms with Crippen molar-refractivity contribution in [1.29, 1.82) is 0 Å². The van der Waals surface area contributed by atoms with Crippen molar-refractivity contribution in [3.63, 3.8) is 0 Å². The molecule has 1 fully saturated rings. The smallest absolute Gasteiger partial charge is 0.257 e. The van der Waals surface area contributed by atoms with Crippen LogP contribution in [-0.4, -0.2) is 39.0 Å². The number of amides is 1. The zero-order valence-electron chi connectivity index (χ0n) is 17.8. The Morgan fingerprint density at radius 2 is 1.66 bits per heavy atom. The quantitative estimate of drug-likeness (QED) is 0.530. The first-order valence-corrected chi connectivity index (χ1v) is 11.6. The largest absolute Gasteiger partial charge is 0.312 e. The summed E-state index contributed by atoms with van der Waals surface area (Å²) in [5.41, 5.74) is 1.42. The van der Waals surface area contributed by atoms with Gasteiger partial charge in [-0.1, -0.05) is 68.1 Å². The number of rotatable bonds is 3. The number of aliphatic imine (C=N–C) groups is 1. The van der Waals surface area contributed by atoms with Gasteiger partial charge in [0.25, 0.3) is 5.91 Å². The standard InChI is InChI=1S/C24H23N3O3S2/c1-24(2)12-17-20(18(28)13-24)32-23(25-17)27-22(31)26-21(30)16-10-8-15(9-11-16)19(29)14-6-4-3-5-7-14/h3-11,17,20H,12-13H2,1-2H3,(H2,25,26,27,30,31). The molecular formula is C24H23N3O3S2. The van der Waals surface area contributed by atoms with Gasteiger partial charge in [0.05, 0.1) is 11.3 Å². The fourth-order valence-electron chi connectivity index (χ4n) is 3.99. The molecule has 1 aliphatic heterocycles. The lowest BCUT2D eigenvalue weighted by atomic mass is 9.74. The third-order valence-electron chi connectivity index (χ3n) is 5.50. The molecule has 2 aromatic carbocycles. The molecule has 0 bridgehead atoms. The Kier molecular flexibility index (Phi) is 6.26. The third kappa shape index (κ3) is 4.97. The van der Waals surface area contributed by atoms with E-state index in [1.165, 1.54) is 11.8 Å². The molecule has 2 aliphatic rings. The number of thioether (sulfide) groups is 1. The number of nitrogens with zero attached hydrogens (tertiary/aromatic N) is 1. The average Bonchev–Trinajstić information content (AvgIpc) is 3.15. The highest BCUT2D eigenvalue weighted by molar-refractivity contribution is 8.15. The average molecular weight is 466 g/mol. The van der Waals surface area contributed by atoms with Crippen LogP contribution in [0.15, 0.2) is 59.6 Å². The van der Waals surface area contributed by atoms with Gasteiger partial charge in [-0.3, -0.25) is 24.7 Å². The first kappa shape index (κ1) is 22.4. The molecule has 2 aromatic rings. The first-order valence-electron chi connectivity index (χ1n) is 10.3. The van der Waals surface area contributed by atoms with E-state index in [-0.39, 0.29) is 39.3 Å². The topological polar surface area (TPSA) is 87.6 Å². The maximum atomic E-state index is 12.5. The van der Waals surface area contributed by atoms with Crippen LogP contribution >= 0.6 is 24.0 Å². The summed E-state index contributed by atoms with van der Waals surface area (Å²) >= 11 is 6.63. The number of nitrogens with one attached hydrogen (secondary N) is 2. The molecule has 8 heteroatoms. The number of carbonyl (C=O) groups excluding carboxylic acids is 3. The number of Topliss-reactive ketones (excluding diaryl/α,β-unsaturated/α-hetero) is 1. The molecule has 0 radical (unpaired) electrons. The molecule has 0 aromatic heterocycles. The van der Waals surface area contributed by atoms with Gasteiger partial charge in [0.15, 0.2) is 16.1 Å². The van der Waals surface area contributed by atoms with Crippen molar-refractivity contribution in [2.45, 2.75) is 38.0 Å². The van der Waals surface area contributed by atoms with Crippen molar-refractivity contribution in [1.82, 2.24) is 10.6 Å². The summed E-state index contributed by atoms with van der Waals surface area (Å²) in [4.78, 5) is 42.1. The van der Waals surface area contributed by atoms with E-state index in [1.807, 2.05) is 18.2 Å². The van der Waals surface area contributed by atoms with Gasteiger partial charge in [-0.15, -0.1) is 0 Å². The second kappa shape index (κ2) is 8.96. The van der Waals surface area contributed by atoms with E-state index < -0.39 is 0 Å². The van der Waals surface area contributed by atoms with E-state index in [0.717, 1.165) is 6.42 Å². The number of hydrogen-bond donors (Lipinski definition) is 2. The molecule has 0 spiro atoms. The fraction of sp³-hybridized carbons (Fsp3) is 0.292. The van der Waals surface area contributed by atoms with Gasteiger partial charge in [0.2, 0.25) is 0 Å². The van der Waals surface area contributed by atoms with Gasteiger partial charge in [0.1, 0.15) is 5.78 Å². The highest BCUT2D eigenvalue weighted by atomic mass is 32.2. The number of hydrogen-bond acceptors (Lipinski definition) is 6. The van der Waals surface area contributed by atoms with Gasteiger partial charge >= 0.3 is 0 Å². The van der Waals surface area contributed by atoms with Crippen LogP contribution in [0.5, 0.6) is 0 Å². The number of carbonyl (C=O) groups is 3. The van der Waals surface area contributed by atoms with E-state index in [0.29, 0.717) is 28.3 Å². The molecule has 1 heterocycles. The van der Waals surface area contributed by atoms with Crippen molar-refractivity contribution >= 4 is 51.7 Å². The van der Waals surface area contributed by atoms with Gasteiger partial charge in [-0.25, -0.2) is 0 Å². The minimum atomic E-state index is -0.389. The van der Waals surface area contributed by atoms with Crippen molar-refractivity contribution in [3.05, 3.63) is 71.3 Å². The molecule has 1 aliphatic carbocycles. The van der Waals surface area contributed by atoms with Crippen LogP contribution in [0, 0.1) is 5.41 Å². The Labute approximate surface area is 196 Å². The number of fused-ring (bicyclic) bond motifs is 1. The van der Waals surface area contributed by atoms with Gasteiger partial charge in [-0.05, 0) is 36.2 Å². The molecule has 164 valence electrons. The van der Waals surface area contributed by atoms with Gasteiger partial charge in [-0.2, -0.15) is 0 Å². The second-order valence-electron chi connectivity index (χ2n) is 8.73. The van der Waals surface area contributed by atoms with Crippen LogP contribution in [0.25, 0.3) is 0 Å². The fourth-order valence-corrected chi connectivity index (χ4v) is 5.37.